The average Bonchev–Trinajstić information content (AvgIpc) is 3.32. The number of aliphatic hydroxyl groups excluding tert-OH is 1. The number of thiophene rings is 1. The summed E-state index contributed by atoms with van der Waals surface area (Å²) in [5.74, 6) is -0.850. The third-order valence-corrected chi connectivity index (χ3v) is 6.37. The molecule has 0 saturated carbocycles. The summed E-state index contributed by atoms with van der Waals surface area (Å²) >= 11 is 7.00. The summed E-state index contributed by atoms with van der Waals surface area (Å²) < 4.78 is 20.8. The van der Waals surface area contributed by atoms with Gasteiger partial charge in [-0.2, -0.15) is 0 Å². The van der Waals surface area contributed by atoms with Crippen LogP contribution in [-0.4, -0.2) is 49.1 Å². The molecule has 0 radical (unpaired) electrons. The van der Waals surface area contributed by atoms with Crippen LogP contribution in [0.5, 0.6) is 0 Å². The van der Waals surface area contributed by atoms with Gasteiger partial charge in [-0.1, -0.05) is 11.6 Å². The Labute approximate surface area is 182 Å². The lowest BCUT2D eigenvalue weighted by atomic mass is 10.1. The molecule has 0 bridgehead atoms. The van der Waals surface area contributed by atoms with Crippen LogP contribution in [0.25, 0.3) is 0 Å². The fourth-order valence-electron chi connectivity index (χ4n) is 3.63. The highest BCUT2D eigenvalue weighted by Crippen LogP contribution is 2.31. The number of benzene rings is 1. The Balaban J connectivity index is 1.39. The van der Waals surface area contributed by atoms with Crippen molar-refractivity contribution in [1.82, 2.24) is 5.32 Å². The maximum Gasteiger partial charge on any atom is 0.261 e. The van der Waals surface area contributed by atoms with Crippen LogP contribution in [-0.2, 0) is 9.53 Å². The molecule has 2 aliphatic rings. The van der Waals surface area contributed by atoms with E-state index in [4.69, 9.17) is 16.3 Å². The Bertz CT molecular complexity index is 956. The van der Waals surface area contributed by atoms with Crippen LogP contribution in [0.2, 0.25) is 4.34 Å². The Morgan fingerprint density at radius 1 is 1.33 bits per heavy atom. The number of amides is 2. The number of hydrogen-bond donors (Lipinski definition) is 2. The second-order valence-electron chi connectivity index (χ2n) is 7.19. The van der Waals surface area contributed by atoms with E-state index in [1.54, 1.807) is 23.1 Å². The van der Waals surface area contributed by atoms with Crippen molar-refractivity contribution in [3.05, 3.63) is 45.4 Å². The van der Waals surface area contributed by atoms with Gasteiger partial charge in [-0.3, -0.25) is 9.59 Å². The zero-order chi connectivity index (χ0) is 21.3. The number of nitrogens with zero attached hydrogens (tertiary/aromatic N) is 2. The predicted octanol–water partition coefficient (Wildman–Crippen LogP) is 2.97. The quantitative estimate of drug-likeness (QED) is 0.727. The Morgan fingerprint density at radius 2 is 2.17 bits per heavy atom. The minimum atomic E-state index is -1.33. The highest BCUT2D eigenvalue weighted by Gasteiger charge is 2.33. The number of aliphatic hydroxyl groups is 1. The molecule has 4 rings (SSSR count). The molecule has 10 heteroatoms. The van der Waals surface area contributed by atoms with Gasteiger partial charge >= 0.3 is 0 Å². The molecule has 0 aliphatic carbocycles. The third kappa shape index (κ3) is 4.44. The van der Waals surface area contributed by atoms with Crippen LogP contribution in [0.15, 0.2) is 30.3 Å². The predicted molar refractivity (Wildman–Crippen MR) is 112 cm³/mol. The van der Waals surface area contributed by atoms with E-state index in [2.05, 4.69) is 5.32 Å². The van der Waals surface area contributed by atoms with E-state index in [9.17, 15) is 19.1 Å². The van der Waals surface area contributed by atoms with Crippen molar-refractivity contribution < 1.29 is 23.8 Å². The second kappa shape index (κ2) is 8.89. The van der Waals surface area contributed by atoms with Gasteiger partial charge in [-0.05, 0) is 43.2 Å². The monoisotopic (exact) mass is 453 g/mol. The van der Waals surface area contributed by atoms with E-state index in [-0.39, 0.29) is 30.6 Å². The van der Waals surface area contributed by atoms with Gasteiger partial charge in [0.15, 0.2) is 0 Å². The van der Waals surface area contributed by atoms with Gasteiger partial charge in [0.2, 0.25) is 12.3 Å². The van der Waals surface area contributed by atoms with Crippen molar-refractivity contribution in [3.8, 4) is 0 Å². The first kappa shape index (κ1) is 21.0. The summed E-state index contributed by atoms with van der Waals surface area (Å²) in [7, 11) is 0. The van der Waals surface area contributed by atoms with Crippen molar-refractivity contribution in [2.24, 2.45) is 0 Å². The number of rotatable bonds is 5. The van der Waals surface area contributed by atoms with E-state index in [1.807, 2.05) is 0 Å². The number of halogens is 2. The summed E-state index contributed by atoms with van der Waals surface area (Å²) in [5.41, 5.74) is 0.684. The number of nitrogens with one attached hydrogen (secondary N) is 1. The van der Waals surface area contributed by atoms with Gasteiger partial charge < -0.3 is 25.0 Å². The van der Waals surface area contributed by atoms with Gasteiger partial charge in [0.1, 0.15) is 5.82 Å². The van der Waals surface area contributed by atoms with Crippen molar-refractivity contribution in [2.75, 3.05) is 29.4 Å². The topological polar surface area (TPSA) is 82.1 Å². The SMILES string of the molecule is O=C(NC[C@H]1CN(c2ccc(N3CCCCC3=O)cc2F)C(O)O1)c1ccc(Cl)s1. The molecule has 1 aromatic carbocycles. The molecule has 2 aromatic rings. The Hall–Kier alpha value is -2.20. The molecule has 30 heavy (non-hydrogen) atoms. The molecule has 2 aliphatic heterocycles. The first-order chi connectivity index (χ1) is 14.4. The number of piperidine rings is 1. The molecule has 2 N–H and O–H groups in total. The summed E-state index contributed by atoms with van der Waals surface area (Å²) in [5, 5.41) is 13.0. The van der Waals surface area contributed by atoms with E-state index >= 15 is 0 Å². The summed E-state index contributed by atoms with van der Waals surface area (Å²) in [4.78, 5) is 27.6. The van der Waals surface area contributed by atoms with E-state index in [1.165, 1.54) is 28.4 Å². The molecule has 2 atom stereocenters. The maximum atomic E-state index is 14.8. The molecule has 7 nitrogen and oxygen atoms in total. The molecular formula is C20H21ClFN3O4S. The number of anilines is 2. The number of ether oxygens (including phenoxy) is 1. The highest BCUT2D eigenvalue weighted by atomic mass is 35.5. The highest BCUT2D eigenvalue weighted by molar-refractivity contribution is 7.17. The van der Waals surface area contributed by atoms with Crippen LogP contribution in [0, 0.1) is 5.82 Å². The number of carbonyl (C=O) groups excluding carboxylic acids is 2. The van der Waals surface area contributed by atoms with Crippen LogP contribution in [0.3, 0.4) is 0 Å². The Kier molecular flexibility index (Phi) is 6.24. The minimum absolute atomic E-state index is 0.0132. The normalized spacial score (nSPS) is 21.9. The molecule has 3 heterocycles. The second-order valence-corrected chi connectivity index (χ2v) is 8.90. The molecule has 2 fully saturated rings. The van der Waals surface area contributed by atoms with Crippen molar-refractivity contribution in [2.45, 2.75) is 31.8 Å². The minimum Gasteiger partial charge on any atom is -0.351 e. The van der Waals surface area contributed by atoms with Gasteiger partial charge in [0.05, 0.1) is 27.5 Å². The number of carbonyl (C=O) groups is 2. The summed E-state index contributed by atoms with van der Waals surface area (Å²) in [6.07, 6.45) is 0.360. The van der Waals surface area contributed by atoms with Gasteiger partial charge in [-0.25, -0.2) is 4.39 Å². The van der Waals surface area contributed by atoms with Crippen molar-refractivity contribution in [1.29, 1.82) is 0 Å². The summed E-state index contributed by atoms with van der Waals surface area (Å²) in [6, 6.07) is 7.78. The Morgan fingerprint density at radius 3 is 2.87 bits per heavy atom. The van der Waals surface area contributed by atoms with E-state index < -0.39 is 18.3 Å². The first-order valence-electron chi connectivity index (χ1n) is 9.66. The van der Waals surface area contributed by atoms with E-state index in [0.29, 0.717) is 27.9 Å². The van der Waals surface area contributed by atoms with Crippen LogP contribution >= 0.6 is 22.9 Å². The molecule has 160 valence electrons. The lowest BCUT2D eigenvalue weighted by molar-refractivity contribution is -0.119. The van der Waals surface area contributed by atoms with Crippen LogP contribution < -0.4 is 15.1 Å². The first-order valence-corrected chi connectivity index (χ1v) is 10.9. The summed E-state index contributed by atoms with van der Waals surface area (Å²) in [6.45, 7) is 0.930. The third-order valence-electron chi connectivity index (χ3n) is 5.14. The van der Waals surface area contributed by atoms with Crippen LogP contribution in [0.4, 0.5) is 15.8 Å². The largest absolute Gasteiger partial charge is 0.351 e. The van der Waals surface area contributed by atoms with Gasteiger partial charge in [0.25, 0.3) is 5.91 Å². The molecule has 2 saturated heterocycles. The number of hydrogen-bond acceptors (Lipinski definition) is 6. The van der Waals surface area contributed by atoms with Gasteiger partial charge in [-0.15, -0.1) is 11.3 Å². The molecular weight excluding hydrogens is 433 g/mol. The van der Waals surface area contributed by atoms with Gasteiger partial charge in [0, 0.05) is 25.2 Å². The lowest BCUT2D eigenvalue weighted by Crippen LogP contribution is -2.36. The van der Waals surface area contributed by atoms with Crippen molar-refractivity contribution >= 4 is 46.1 Å². The van der Waals surface area contributed by atoms with E-state index in [0.717, 1.165) is 12.8 Å². The zero-order valence-electron chi connectivity index (χ0n) is 16.0. The van der Waals surface area contributed by atoms with Crippen LogP contribution in [0.1, 0.15) is 28.9 Å². The lowest BCUT2D eigenvalue weighted by Gasteiger charge is -2.28. The molecule has 0 spiro atoms. The smallest absolute Gasteiger partial charge is 0.261 e. The van der Waals surface area contributed by atoms with Crippen molar-refractivity contribution in [3.63, 3.8) is 0 Å². The fourth-order valence-corrected chi connectivity index (χ4v) is 4.59. The molecule has 2 amide bonds. The maximum absolute atomic E-state index is 14.8. The standard InChI is InChI=1S/C20H21ClFN3O4S/c21-17-7-6-16(30-17)19(27)23-10-13-11-25(20(28)29-13)15-5-4-12(9-14(15)22)24-8-2-1-3-18(24)26/h4-7,9,13,20,28H,1-3,8,10-11H2,(H,23,27)/t13-,20?/m0/s1. The zero-order valence-corrected chi connectivity index (χ0v) is 17.6. The average molecular weight is 454 g/mol. The molecule has 1 unspecified atom stereocenters. The molecule has 1 aromatic heterocycles. The fraction of sp³-hybridized carbons (Fsp3) is 0.400.